The van der Waals surface area contributed by atoms with Crippen LogP contribution < -0.4 is 10.2 Å². The Balaban J connectivity index is 1.27. The molecule has 0 bridgehead atoms. The lowest BCUT2D eigenvalue weighted by atomic mass is 10.1. The number of amides is 3. The quantitative estimate of drug-likeness (QED) is 0.776. The van der Waals surface area contributed by atoms with Crippen molar-refractivity contribution in [2.24, 2.45) is 5.92 Å². The Morgan fingerprint density at radius 2 is 1.93 bits per heavy atom. The Labute approximate surface area is 159 Å². The van der Waals surface area contributed by atoms with Crippen LogP contribution in [-0.2, 0) is 27.2 Å². The van der Waals surface area contributed by atoms with Crippen molar-refractivity contribution in [1.82, 2.24) is 10.2 Å². The summed E-state index contributed by atoms with van der Waals surface area (Å²) in [7, 11) is 0. The van der Waals surface area contributed by atoms with Crippen molar-refractivity contribution < 1.29 is 14.4 Å². The van der Waals surface area contributed by atoms with Gasteiger partial charge in [-0.1, -0.05) is 6.07 Å². The zero-order valence-corrected chi connectivity index (χ0v) is 15.7. The molecule has 2 fully saturated rings. The highest BCUT2D eigenvalue weighted by molar-refractivity contribution is 6.00. The second-order valence-electron chi connectivity index (χ2n) is 7.84. The monoisotopic (exact) mass is 369 g/mol. The molecule has 1 aromatic rings. The standard InChI is InChI=1S/C21H27N3O3/c25-19-6-2-10-23(19)11-3-9-22-21(27)17-13-20(26)24(14-17)18-8-7-15-4-1-5-16(15)12-18/h7-8,12,17H,1-6,9-11,13-14H2,(H,22,27)/t17-/m0/s1. The Morgan fingerprint density at radius 1 is 1.07 bits per heavy atom. The van der Waals surface area contributed by atoms with Gasteiger partial charge in [-0.05, 0) is 55.4 Å². The lowest BCUT2D eigenvalue weighted by Crippen LogP contribution is -2.35. The van der Waals surface area contributed by atoms with Gasteiger partial charge in [0, 0.05) is 44.7 Å². The SMILES string of the molecule is O=C(NCCCN1CCCC1=O)[C@H]1CC(=O)N(c2ccc3c(c2)CCC3)C1. The molecule has 0 aromatic heterocycles. The first-order valence-electron chi connectivity index (χ1n) is 10.1. The van der Waals surface area contributed by atoms with E-state index in [0.29, 0.717) is 26.1 Å². The van der Waals surface area contributed by atoms with Gasteiger partial charge in [0.25, 0.3) is 0 Å². The minimum absolute atomic E-state index is 0.0239. The molecule has 27 heavy (non-hydrogen) atoms. The van der Waals surface area contributed by atoms with Crippen LogP contribution in [0.15, 0.2) is 18.2 Å². The topological polar surface area (TPSA) is 69.7 Å². The van der Waals surface area contributed by atoms with Crippen LogP contribution in [0.4, 0.5) is 5.69 Å². The van der Waals surface area contributed by atoms with Gasteiger partial charge >= 0.3 is 0 Å². The Bertz CT molecular complexity index is 761. The largest absolute Gasteiger partial charge is 0.356 e. The van der Waals surface area contributed by atoms with Crippen molar-refractivity contribution in [1.29, 1.82) is 0 Å². The molecule has 1 N–H and O–H groups in total. The molecule has 6 heteroatoms. The third-order valence-corrected chi connectivity index (χ3v) is 5.96. The molecule has 4 rings (SSSR count). The summed E-state index contributed by atoms with van der Waals surface area (Å²) < 4.78 is 0. The van der Waals surface area contributed by atoms with Crippen molar-refractivity contribution in [2.45, 2.75) is 44.9 Å². The summed E-state index contributed by atoms with van der Waals surface area (Å²) in [4.78, 5) is 40.1. The Kier molecular flexibility index (Phi) is 5.14. The highest BCUT2D eigenvalue weighted by Crippen LogP contribution is 2.30. The van der Waals surface area contributed by atoms with Crippen molar-refractivity contribution in [3.05, 3.63) is 29.3 Å². The maximum Gasteiger partial charge on any atom is 0.227 e. The van der Waals surface area contributed by atoms with Crippen LogP contribution in [0, 0.1) is 5.92 Å². The number of nitrogens with zero attached hydrogens (tertiary/aromatic N) is 2. The van der Waals surface area contributed by atoms with Gasteiger partial charge in [0.05, 0.1) is 5.92 Å². The summed E-state index contributed by atoms with van der Waals surface area (Å²) in [6.07, 6.45) is 6.00. The molecular weight excluding hydrogens is 342 g/mol. The van der Waals surface area contributed by atoms with E-state index in [1.165, 1.54) is 17.5 Å². The van der Waals surface area contributed by atoms with E-state index in [2.05, 4.69) is 17.4 Å². The first-order chi connectivity index (χ1) is 13.1. The molecule has 2 saturated heterocycles. The van der Waals surface area contributed by atoms with Crippen LogP contribution in [0.25, 0.3) is 0 Å². The van der Waals surface area contributed by atoms with Gasteiger partial charge in [0.1, 0.15) is 0 Å². The molecular formula is C21H27N3O3. The highest BCUT2D eigenvalue weighted by atomic mass is 16.2. The minimum atomic E-state index is -0.292. The van der Waals surface area contributed by atoms with Crippen LogP contribution in [0.5, 0.6) is 0 Å². The number of benzene rings is 1. The van der Waals surface area contributed by atoms with Crippen LogP contribution in [0.2, 0.25) is 0 Å². The fourth-order valence-electron chi connectivity index (χ4n) is 4.43. The molecule has 0 unspecified atom stereocenters. The minimum Gasteiger partial charge on any atom is -0.356 e. The molecule has 3 aliphatic rings. The number of anilines is 1. The van der Waals surface area contributed by atoms with E-state index in [1.54, 1.807) is 4.90 Å². The van der Waals surface area contributed by atoms with Crippen molar-refractivity contribution in [3.63, 3.8) is 0 Å². The molecule has 0 spiro atoms. The Hall–Kier alpha value is -2.37. The average Bonchev–Trinajstić information content (AvgIpc) is 3.38. The number of nitrogens with one attached hydrogen (secondary N) is 1. The summed E-state index contributed by atoms with van der Waals surface area (Å²) in [6.45, 7) is 2.53. The average molecular weight is 369 g/mol. The zero-order valence-electron chi connectivity index (χ0n) is 15.7. The predicted molar refractivity (Wildman–Crippen MR) is 102 cm³/mol. The van der Waals surface area contributed by atoms with Gasteiger partial charge in [-0.15, -0.1) is 0 Å². The molecule has 1 aliphatic carbocycles. The molecule has 3 amide bonds. The fourth-order valence-corrected chi connectivity index (χ4v) is 4.43. The van der Waals surface area contributed by atoms with E-state index in [1.807, 2.05) is 11.0 Å². The lowest BCUT2D eigenvalue weighted by molar-refractivity contribution is -0.127. The van der Waals surface area contributed by atoms with E-state index in [0.717, 1.165) is 37.9 Å². The van der Waals surface area contributed by atoms with Gasteiger partial charge in [-0.25, -0.2) is 0 Å². The molecule has 2 aliphatic heterocycles. The van der Waals surface area contributed by atoms with Crippen LogP contribution in [-0.4, -0.2) is 48.8 Å². The van der Waals surface area contributed by atoms with Gasteiger partial charge in [-0.2, -0.15) is 0 Å². The highest BCUT2D eigenvalue weighted by Gasteiger charge is 2.35. The van der Waals surface area contributed by atoms with Gasteiger partial charge < -0.3 is 15.1 Å². The number of aryl methyl sites for hydroxylation is 2. The first kappa shape index (κ1) is 18.0. The summed E-state index contributed by atoms with van der Waals surface area (Å²) in [6, 6.07) is 6.25. The summed E-state index contributed by atoms with van der Waals surface area (Å²) in [5.41, 5.74) is 3.64. The van der Waals surface area contributed by atoms with Gasteiger partial charge in [0.15, 0.2) is 0 Å². The number of rotatable bonds is 6. The first-order valence-corrected chi connectivity index (χ1v) is 10.1. The number of likely N-dealkylation sites (tertiary alicyclic amines) is 1. The number of carbonyl (C=O) groups excluding carboxylic acids is 3. The lowest BCUT2D eigenvalue weighted by Gasteiger charge is -2.18. The van der Waals surface area contributed by atoms with Crippen molar-refractivity contribution in [3.8, 4) is 0 Å². The van der Waals surface area contributed by atoms with Crippen LogP contribution in [0.1, 0.15) is 43.2 Å². The maximum absolute atomic E-state index is 12.4. The molecule has 144 valence electrons. The second kappa shape index (κ2) is 7.71. The van der Waals surface area contributed by atoms with Crippen molar-refractivity contribution >= 4 is 23.4 Å². The fraction of sp³-hybridized carbons (Fsp3) is 0.571. The molecule has 2 heterocycles. The molecule has 1 aromatic carbocycles. The molecule has 1 atom stereocenters. The second-order valence-corrected chi connectivity index (χ2v) is 7.84. The van der Waals surface area contributed by atoms with Gasteiger partial charge in [0.2, 0.25) is 17.7 Å². The zero-order chi connectivity index (χ0) is 18.8. The van der Waals surface area contributed by atoms with E-state index >= 15 is 0 Å². The predicted octanol–water partition coefficient (Wildman–Crippen LogP) is 1.66. The third-order valence-electron chi connectivity index (χ3n) is 5.96. The van der Waals surface area contributed by atoms with Gasteiger partial charge in [-0.3, -0.25) is 14.4 Å². The van der Waals surface area contributed by atoms with E-state index in [9.17, 15) is 14.4 Å². The van der Waals surface area contributed by atoms with Crippen LogP contribution >= 0.6 is 0 Å². The molecule has 6 nitrogen and oxygen atoms in total. The molecule has 0 radical (unpaired) electrons. The normalized spacial score (nSPS) is 21.9. The number of hydrogen-bond acceptors (Lipinski definition) is 3. The maximum atomic E-state index is 12.4. The van der Waals surface area contributed by atoms with E-state index in [-0.39, 0.29) is 30.1 Å². The van der Waals surface area contributed by atoms with Crippen molar-refractivity contribution in [2.75, 3.05) is 31.1 Å². The summed E-state index contributed by atoms with van der Waals surface area (Å²) >= 11 is 0. The third kappa shape index (κ3) is 3.84. The van der Waals surface area contributed by atoms with E-state index in [4.69, 9.17) is 0 Å². The number of carbonyl (C=O) groups is 3. The van der Waals surface area contributed by atoms with E-state index < -0.39 is 0 Å². The number of fused-ring (bicyclic) bond motifs is 1. The molecule has 0 saturated carbocycles. The Morgan fingerprint density at radius 3 is 2.74 bits per heavy atom. The summed E-state index contributed by atoms with van der Waals surface area (Å²) in [5.74, 6) is -0.109. The summed E-state index contributed by atoms with van der Waals surface area (Å²) in [5, 5.41) is 2.94. The van der Waals surface area contributed by atoms with Crippen LogP contribution in [0.3, 0.4) is 0 Å². The smallest absolute Gasteiger partial charge is 0.227 e. The number of hydrogen-bond donors (Lipinski definition) is 1.